The van der Waals surface area contributed by atoms with Crippen molar-refractivity contribution in [2.24, 2.45) is 4.99 Å². The number of rotatable bonds is 2. The van der Waals surface area contributed by atoms with Crippen LogP contribution < -0.4 is 10.2 Å². The summed E-state index contributed by atoms with van der Waals surface area (Å²) < 4.78 is 0. The van der Waals surface area contributed by atoms with E-state index in [1.165, 1.54) is 22.9 Å². The van der Waals surface area contributed by atoms with E-state index in [1.54, 1.807) is 0 Å². The highest BCUT2D eigenvalue weighted by Gasteiger charge is 2.34. The monoisotopic (exact) mass is 453 g/mol. The van der Waals surface area contributed by atoms with E-state index < -0.39 is 0 Å². The van der Waals surface area contributed by atoms with Gasteiger partial charge in [0.05, 0.1) is 10.6 Å². The van der Waals surface area contributed by atoms with Crippen molar-refractivity contribution >= 4 is 51.9 Å². The lowest BCUT2D eigenvalue weighted by Gasteiger charge is -2.45. The van der Waals surface area contributed by atoms with Crippen molar-refractivity contribution < 1.29 is 4.79 Å². The Hall–Kier alpha value is -2.24. The van der Waals surface area contributed by atoms with Gasteiger partial charge in [-0.15, -0.1) is 0 Å². The van der Waals surface area contributed by atoms with E-state index in [1.807, 2.05) is 31.2 Å². The Balaban J connectivity index is 1.66. The van der Waals surface area contributed by atoms with Crippen LogP contribution >= 0.6 is 23.4 Å². The fourth-order valence-corrected chi connectivity index (χ4v) is 5.42. The number of anilines is 1. The smallest absolute Gasteiger partial charge is 0.264 e. The first-order valence-electron chi connectivity index (χ1n) is 10.5. The molecule has 1 unspecified atom stereocenters. The van der Waals surface area contributed by atoms with Crippen LogP contribution in [0, 0.1) is 13.8 Å². The van der Waals surface area contributed by atoms with Gasteiger partial charge in [-0.1, -0.05) is 36.2 Å². The van der Waals surface area contributed by atoms with Gasteiger partial charge in [0.1, 0.15) is 0 Å². The first-order chi connectivity index (χ1) is 14.5. The van der Waals surface area contributed by atoms with E-state index in [0.717, 1.165) is 28.9 Å². The second-order valence-corrected chi connectivity index (χ2v) is 10.6. The molecule has 0 aromatic heterocycles. The SMILES string of the molecule is Cc1ccc(N=C2NC(=O)/C(=C/c3cc4c(cc3Cl)N(C)C(C)(C)CC4C)S2)c(C)c1. The maximum atomic E-state index is 12.6. The van der Waals surface area contributed by atoms with Crippen LogP contribution in [0.3, 0.4) is 0 Å². The molecule has 0 radical (unpaired) electrons. The topological polar surface area (TPSA) is 44.7 Å². The largest absolute Gasteiger partial charge is 0.369 e. The zero-order valence-electron chi connectivity index (χ0n) is 18.8. The summed E-state index contributed by atoms with van der Waals surface area (Å²) in [6.45, 7) is 10.8. The third-order valence-electron chi connectivity index (χ3n) is 6.26. The highest BCUT2D eigenvalue weighted by Crippen LogP contribution is 2.45. The molecule has 4 nitrogen and oxygen atoms in total. The van der Waals surface area contributed by atoms with Crippen LogP contribution in [0.25, 0.3) is 6.08 Å². The van der Waals surface area contributed by atoms with Gasteiger partial charge in [-0.05, 0) is 92.8 Å². The zero-order chi connectivity index (χ0) is 22.5. The summed E-state index contributed by atoms with van der Waals surface area (Å²) >= 11 is 8.00. The number of amidine groups is 1. The van der Waals surface area contributed by atoms with Crippen LogP contribution in [0.5, 0.6) is 0 Å². The van der Waals surface area contributed by atoms with Gasteiger partial charge in [0.25, 0.3) is 5.91 Å². The summed E-state index contributed by atoms with van der Waals surface area (Å²) in [5.74, 6) is 0.274. The molecule has 31 heavy (non-hydrogen) atoms. The van der Waals surface area contributed by atoms with Crippen LogP contribution in [0.2, 0.25) is 5.02 Å². The minimum absolute atomic E-state index is 0.0798. The van der Waals surface area contributed by atoms with E-state index in [9.17, 15) is 4.79 Å². The van der Waals surface area contributed by atoms with E-state index in [4.69, 9.17) is 11.6 Å². The summed E-state index contributed by atoms with van der Waals surface area (Å²) in [6.07, 6.45) is 2.94. The number of fused-ring (bicyclic) bond motifs is 1. The van der Waals surface area contributed by atoms with Crippen molar-refractivity contribution in [3.05, 3.63) is 62.5 Å². The van der Waals surface area contributed by atoms with Gasteiger partial charge >= 0.3 is 0 Å². The molecular weight excluding hydrogens is 426 g/mol. The predicted octanol–water partition coefficient (Wildman–Crippen LogP) is 6.57. The van der Waals surface area contributed by atoms with Gasteiger partial charge in [-0.25, -0.2) is 4.99 Å². The van der Waals surface area contributed by atoms with E-state index in [0.29, 0.717) is 21.0 Å². The average molecular weight is 454 g/mol. The first kappa shape index (κ1) is 22.0. The predicted molar refractivity (Wildman–Crippen MR) is 134 cm³/mol. The van der Waals surface area contributed by atoms with Gasteiger partial charge in [-0.2, -0.15) is 0 Å². The van der Waals surface area contributed by atoms with Gasteiger partial charge in [0.2, 0.25) is 0 Å². The van der Waals surface area contributed by atoms with Crippen LogP contribution in [0.4, 0.5) is 11.4 Å². The number of benzene rings is 2. The maximum Gasteiger partial charge on any atom is 0.264 e. The number of hydrogen-bond acceptors (Lipinski definition) is 4. The van der Waals surface area contributed by atoms with Crippen molar-refractivity contribution in [3.8, 4) is 0 Å². The fraction of sp³-hybridized carbons (Fsp3) is 0.360. The van der Waals surface area contributed by atoms with Gasteiger partial charge in [0, 0.05) is 23.3 Å². The molecule has 4 rings (SSSR count). The van der Waals surface area contributed by atoms with E-state index >= 15 is 0 Å². The molecule has 6 heteroatoms. The van der Waals surface area contributed by atoms with Crippen molar-refractivity contribution in [1.82, 2.24) is 5.32 Å². The molecule has 1 fully saturated rings. The van der Waals surface area contributed by atoms with Gasteiger partial charge in [-0.3, -0.25) is 4.79 Å². The minimum atomic E-state index is -0.145. The summed E-state index contributed by atoms with van der Waals surface area (Å²) in [6, 6.07) is 10.3. The Bertz CT molecular complexity index is 1140. The molecule has 2 aliphatic rings. The lowest BCUT2D eigenvalue weighted by molar-refractivity contribution is -0.115. The Morgan fingerprint density at radius 2 is 2.00 bits per heavy atom. The maximum absolute atomic E-state index is 12.6. The third-order valence-corrected chi connectivity index (χ3v) is 7.50. The molecule has 162 valence electrons. The Kier molecular flexibility index (Phi) is 5.69. The van der Waals surface area contributed by atoms with Crippen molar-refractivity contribution in [2.45, 2.75) is 52.5 Å². The number of hydrogen-bond donors (Lipinski definition) is 1. The summed E-state index contributed by atoms with van der Waals surface area (Å²) in [5.41, 5.74) is 6.51. The molecule has 1 atom stereocenters. The second-order valence-electron chi connectivity index (χ2n) is 9.18. The molecule has 0 aliphatic carbocycles. The van der Waals surface area contributed by atoms with Crippen LogP contribution in [-0.2, 0) is 4.79 Å². The molecule has 0 spiro atoms. The first-order valence-corrected chi connectivity index (χ1v) is 11.7. The van der Waals surface area contributed by atoms with Crippen LogP contribution in [-0.4, -0.2) is 23.7 Å². The zero-order valence-corrected chi connectivity index (χ0v) is 20.4. The number of aryl methyl sites for hydroxylation is 2. The number of nitrogens with one attached hydrogen (secondary N) is 1. The standard InChI is InChI=1S/C25H28ClN3OS/c1-14-7-8-20(15(2)9-14)27-24-28-23(30)22(31-24)11-17-10-18-16(3)13-25(4,5)29(6)21(18)12-19(17)26/h7-12,16H,13H2,1-6H3,(H,27,28,30)/b22-11-. The Morgan fingerprint density at radius 3 is 2.71 bits per heavy atom. The number of amides is 1. The van der Waals surface area contributed by atoms with Crippen molar-refractivity contribution in [1.29, 1.82) is 0 Å². The van der Waals surface area contributed by atoms with E-state index in [-0.39, 0.29) is 11.4 Å². The molecule has 2 heterocycles. The molecule has 2 aliphatic heterocycles. The Morgan fingerprint density at radius 1 is 1.26 bits per heavy atom. The molecule has 1 N–H and O–H groups in total. The third kappa shape index (κ3) is 4.26. The molecular formula is C25H28ClN3OS. The summed E-state index contributed by atoms with van der Waals surface area (Å²) in [7, 11) is 2.12. The quantitative estimate of drug-likeness (QED) is 0.523. The number of halogens is 1. The number of nitrogens with zero attached hydrogens (tertiary/aromatic N) is 2. The summed E-state index contributed by atoms with van der Waals surface area (Å²) in [4.78, 5) is 20.1. The molecule has 2 aromatic carbocycles. The molecule has 1 saturated heterocycles. The molecule has 0 bridgehead atoms. The van der Waals surface area contributed by atoms with Gasteiger partial charge < -0.3 is 10.2 Å². The number of carbonyl (C=O) groups excluding carboxylic acids is 1. The molecule has 1 amide bonds. The van der Waals surface area contributed by atoms with Crippen LogP contribution in [0.15, 0.2) is 40.2 Å². The molecule has 2 aromatic rings. The second kappa shape index (κ2) is 8.03. The van der Waals surface area contributed by atoms with E-state index in [2.05, 4.69) is 62.1 Å². The molecule has 0 saturated carbocycles. The lowest BCUT2D eigenvalue weighted by Crippen LogP contribution is -2.45. The minimum Gasteiger partial charge on any atom is -0.369 e. The van der Waals surface area contributed by atoms with Crippen LogP contribution in [0.1, 0.15) is 55.4 Å². The number of thioether (sulfide) groups is 1. The number of carbonyl (C=O) groups is 1. The fourth-order valence-electron chi connectivity index (χ4n) is 4.38. The Labute approximate surface area is 193 Å². The average Bonchev–Trinajstić information content (AvgIpc) is 3.02. The van der Waals surface area contributed by atoms with Gasteiger partial charge in [0.15, 0.2) is 5.17 Å². The highest BCUT2D eigenvalue weighted by molar-refractivity contribution is 8.18. The normalized spacial score (nSPS) is 22.7. The van der Waals surface area contributed by atoms with Crippen molar-refractivity contribution in [2.75, 3.05) is 11.9 Å². The number of aliphatic imine (C=N–C) groups is 1. The lowest BCUT2D eigenvalue weighted by atomic mass is 9.80. The van der Waals surface area contributed by atoms with Crippen molar-refractivity contribution in [3.63, 3.8) is 0 Å². The summed E-state index contributed by atoms with van der Waals surface area (Å²) in [5, 5.41) is 4.12. The highest BCUT2D eigenvalue weighted by atomic mass is 35.5.